The Balaban J connectivity index is 2.33. The Morgan fingerprint density at radius 1 is 1.26 bits per heavy atom. The standard InChI is InChI=1S/C14H18N2O3/c1-2-14(11-7-4-3-5-8-11)12(18)16(9-6-10-17)13(19)15-14/h3-5,7-8,17H,2,6,9-10H2,1H3,(H,15,19). The Morgan fingerprint density at radius 2 is 1.95 bits per heavy atom. The normalized spacial score (nSPS) is 22.7. The molecule has 0 spiro atoms. The molecule has 1 aromatic rings. The molecule has 1 aliphatic heterocycles. The Kier molecular flexibility index (Phi) is 3.85. The number of hydrogen-bond donors (Lipinski definition) is 2. The van der Waals surface area contributed by atoms with Gasteiger partial charge in [-0.25, -0.2) is 4.79 Å². The maximum atomic E-state index is 12.5. The molecule has 5 nitrogen and oxygen atoms in total. The number of rotatable bonds is 5. The molecule has 102 valence electrons. The second kappa shape index (κ2) is 5.40. The molecule has 1 aromatic carbocycles. The Hall–Kier alpha value is -1.88. The van der Waals surface area contributed by atoms with E-state index in [4.69, 9.17) is 5.11 Å². The number of hydrogen-bond acceptors (Lipinski definition) is 3. The van der Waals surface area contributed by atoms with Gasteiger partial charge in [-0.3, -0.25) is 9.69 Å². The number of benzene rings is 1. The van der Waals surface area contributed by atoms with Crippen molar-refractivity contribution in [1.82, 2.24) is 10.2 Å². The first-order valence-electron chi connectivity index (χ1n) is 6.46. The lowest BCUT2D eigenvalue weighted by atomic mass is 9.87. The highest BCUT2D eigenvalue weighted by molar-refractivity contribution is 6.07. The van der Waals surface area contributed by atoms with Gasteiger partial charge in [-0.15, -0.1) is 0 Å². The van der Waals surface area contributed by atoms with Crippen LogP contribution in [0.1, 0.15) is 25.3 Å². The van der Waals surface area contributed by atoms with E-state index in [-0.39, 0.29) is 25.1 Å². The molecule has 2 N–H and O–H groups in total. The van der Waals surface area contributed by atoms with Gasteiger partial charge in [0.05, 0.1) is 0 Å². The van der Waals surface area contributed by atoms with Crippen molar-refractivity contribution in [2.75, 3.05) is 13.2 Å². The molecule has 0 radical (unpaired) electrons. The van der Waals surface area contributed by atoms with Crippen molar-refractivity contribution in [2.24, 2.45) is 0 Å². The maximum Gasteiger partial charge on any atom is 0.325 e. The van der Waals surface area contributed by atoms with Crippen LogP contribution in [0.5, 0.6) is 0 Å². The van der Waals surface area contributed by atoms with Crippen molar-refractivity contribution in [3.8, 4) is 0 Å². The second-order valence-corrected chi connectivity index (χ2v) is 4.59. The van der Waals surface area contributed by atoms with Crippen LogP contribution in [0, 0.1) is 0 Å². The number of nitrogens with one attached hydrogen (secondary N) is 1. The van der Waals surface area contributed by atoms with Crippen LogP contribution in [0.3, 0.4) is 0 Å². The number of carbonyl (C=O) groups excluding carboxylic acids is 2. The summed E-state index contributed by atoms with van der Waals surface area (Å²) in [7, 11) is 0. The monoisotopic (exact) mass is 262 g/mol. The predicted molar refractivity (Wildman–Crippen MR) is 70.4 cm³/mol. The van der Waals surface area contributed by atoms with E-state index in [9.17, 15) is 9.59 Å². The van der Waals surface area contributed by atoms with E-state index in [1.54, 1.807) is 0 Å². The van der Waals surface area contributed by atoms with Gasteiger partial charge in [-0.1, -0.05) is 37.3 Å². The van der Waals surface area contributed by atoms with Crippen LogP contribution >= 0.6 is 0 Å². The Labute approximate surface area is 112 Å². The zero-order valence-electron chi connectivity index (χ0n) is 10.9. The SMILES string of the molecule is CCC1(c2ccccc2)NC(=O)N(CCCO)C1=O. The number of carbonyl (C=O) groups is 2. The highest BCUT2D eigenvalue weighted by atomic mass is 16.3. The largest absolute Gasteiger partial charge is 0.396 e. The molecule has 0 aromatic heterocycles. The topological polar surface area (TPSA) is 69.6 Å². The van der Waals surface area contributed by atoms with Crippen molar-refractivity contribution in [3.63, 3.8) is 0 Å². The minimum atomic E-state index is -0.964. The molecule has 1 heterocycles. The zero-order valence-corrected chi connectivity index (χ0v) is 10.9. The van der Waals surface area contributed by atoms with Crippen molar-refractivity contribution < 1.29 is 14.7 Å². The van der Waals surface area contributed by atoms with E-state index in [1.807, 2.05) is 37.3 Å². The molecule has 19 heavy (non-hydrogen) atoms. The molecule has 0 aliphatic carbocycles. The molecule has 1 saturated heterocycles. The summed E-state index contributed by atoms with van der Waals surface area (Å²) in [6.45, 7) is 2.08. The highest BCUT2D eigenvalue weighted by Gasteiger charge is 2.50. The van der Waals surface area contributed by atoms with Gasteiger partial charge in [0.15, 0.2) is 0 Å². The number of urea groups is 1. The third-order valence-electron chi connectivity index (χ3n) is 3.51. The molecule has 1 unspecified atom stereocenters. The predicted octanol–water partition coefficient (Wildman–Crippen LogP) is 1.23. The average Bonchev–Trinajstić information content (AvgIpc) is 2.70. The summed E-state index contributed by atoms with van der Waals surface area (Å²) in [6, 6.07) is 8.88. The quantitative estimate of drug-likeness (QED) is 0.784. The smallest absolute Gasteiger partial charge is 0.325 e. The summed E-state index contributed by atoms with van der Waals surface area (Å²) < 4.78 is 0. The fourth-order valence-corrected chi connectivity index (χ4v) is 2.42. The first-order chi connectivity index (χ1) is 9.15. The van der Waals surface area contributed by atoms with Gasteiger partial charge in [0, 0.05) is 13.2 Å². The van der Waals surface area contributed by atoms with E-state index >= 15 is 0 Å². The molecule has 0 bridgehead atoms. The molecule has 3 amide bonds. The van der Waals surface area contributed by atoms with Crippen LogP contribution in [0.4, 0.5) is 4.79 Å². The maximum absolute atomic E-state index is 12.5. The zero-order chi connectivity index (χ0) is 13.9. The van der Waals surface area contributed by atoms with Gasteiger partial charge in [0.2, 0.25) is 0 Å². The molecule has 5 heteroatoms. The first kappa shape index (κ1) is 13.5. The first-order valence-corrected chi connectivity index (χ1v) is 6.46. The molecule has 1 fully saturated rings. The van der Waals surface area contributed by atoms with Crippen molar-refractivity contribution in [3.05, 3.63) is 35.9 Å². The van der Waals surface area contributed by atoms with E-state index in [2.05, 4.69) is 5.32 Å². The number of amides is 3. The van der Waals surface area contributed by atoms with Crippen molar-refractivity contribution >= 4 is 11.9 Å². The van der Waals surface area contributed by atoms with E-state index in [1.165, 1.54) is 4.90 Å². The highest BCUT2D eigenvalue weighted by Crippen LogP contribution is 2.32. The lowest BCUT2D eigenvalue weighted by Gasteiger charge is -2.25. The van der Waals surface area contributed by atoms with Crippen LogP contribution in [0.25, 0.3) is 0 Å². The second-order valence-electron chi connectivity index (χ2n) is 4.59. The Bertz CT molecular complexity index is 475. The van der Waals surface area contributed by atoms with Crippen LogP contribution in [0.2, 0.25) is 0 Å². The van der Waals surface area contributed by atoms with Gasteiger partial charge < -0.3 is 10.4 Å². The fourth-order valence-electron chi connectivity index (χ4n) is 2.42. The summed E-state index contributed by atoms with van der Waals surface area (Å²) in [5.41, 5.74) is -0.171. The van der Waals surface area contributed by atoms with Crippen LogP contribution in [-0.4, -0.2) is 35.1 Å². The van der Waals surface area contributed by atoms with Gasteiger partial charge in [-0.2, -0.15) is 0 Å². The number of nitrogens with zero attached hydrogens (tertiary/aromatic N) is 1. The van der Waals surface area contributed by atoms with Crippen LogP contribution in [-0.2, 0) is 10.3 Å². The molecular formula is C14H18N2O3. The van der Waals surface area contributed by atoms with Crippen molar-refractivity contribution in [1.29, 1.82) is 0 Å². The fraction of sp³-hybridized carbons (Fsp3) is 0.429. The summed E-state index contributed by atoms with van der Waals surface area (Å²) in [5.74, 6) is -0.236. The van der Waals surface area contributed by atoms with Gasteiger partial charge in [0.25, 0.3) is 5.91 Å². The number of aliphatic hydroxyl groups excluding tert-OH is 1. The summed E-state index contributed by atoms with van der Waals surface area (Å²) in [5, 5.41) is 11.6. The summed E-state index contributed by atoms with van der Waals surface area (Å²) in [4.78, 5) is 25.7. The van der Waals surface area contributed by atoms with Crippen molar-refractivity contribution in [2.45, 2.75) is 25.3 Å². The Morgan fingerprint density at radius 3 is 2.53 bits per heavy atom. The van der Waals surface area contributed by atoms with Gasteiger partial charge >= 0.3 is 6.03 Å². The number of aliphatic hydroxyl groups is 1. The minimum absolute atomic E-state index is 0.0402. The minimum Gasteiger partial charge on any atom is -0.396 e. The third-order valence-corrected chi connectivity index (χ3v) is 3.51. The average molecular weight is 262 g/mol. The van der Waals surface area contributed by atoms with Gasteiger partial charge in [0.1, 0.15) is 5.54 Å². The molecule has 1 aliphatic rings. The third kappa shape index (κ3) is 2.21. The van der Waals surface area contributed by atoms with E-state index < -0.39 is 5.54 Å². The summed E-state index contributed by atoms with van der Waals surface area (Å²) >= 11 is 0. The lowest BCUT2D eigenvalue weighted by Crippen LogP contribution is -2.43. The number of imide groups is 1. The van der Waals surface area contributed by atoms with Crippen LogP contribution in [0.15, 0.2) is 30.3 Å². The molecule has 0 saturated carbocycles. The van der Waals surface area contributed by atoms with E-state index in [0.29, 0.717) is 12.8 Å². The molecule has 2 rings (SSSR count). The lowest BCUT2D eigenvalue weighted by molar-refractivity contribution is -0.131. The molecular weight excluding hydrogens is 244 g/mol. The van der Waals surface area contributed by atoms with Gasteiger partial charge in [-0.05, 0) is 18.4 Å². The van der Waals surface area contributed by atoms with E-state index in [0.717, 1.165) is 5.56 Å². The van der Waals surface area contributed by atoms with Crippen LogP contribution < -0.4 is 5.32 Å². The summed E-state index contributed by atoms with van der Waals surface area (Å²) in [6.07, 6.45) is 0.894. The molecule has 1 atom stereocenters.